The molecule has 126 valence electrons. The summed E-state index contributed by atoms with van der Waals surface area (Å²) in [5, 5.41) is 14.9. The highest BCUT2D eigenvalue weighted by atomic mass is 127. The lowest BCUT2D eigenvalue weighted by atomic mass is 10.2. The van der Waals surface area contributed by atoms with Gasteiger partial charge in [-0.2, -0.15) is 5.10 Å². The van der Waals surface area contributed by atoms with E-state index in [1.54, 1.807) is 13.2 Å². The Morgan fingerprint density at radius 1 is 1.50 bits per heavy atom. The maximum absolute atomic E-state index is 10.9. The zero-order valence-corrected chi connectivity index (χ0v) is 15.2. The smallest absolute Gasteiger partial charge is 0.313 e. The third kappa shape index (κ3) is 4.31. The van der Waals surface area contributed by atoms with Crippen LogP contribution in [-0.2, 0) is 0 Å². The number of hydrazone groups is 1. The Labute approximate surface area is 152 Å². The lowest BCUT2D eigenvalue weighted by molar-refractivity contribution is -0.384. The molecule has 0 unspecified atom stereocenters. The molecule has 0 aliphatic carbocycles. The first-order valence-electron chi connectivity index (χ1n) is 6.95. The average molecular weight is 442 g/mol. The van der Waals surface area contributed by atoms with E-state index in [0.29, 0.717) is 18.1 Å². The van der Waals surface area contributed by atoms with Gasteiger partial charge in [0.05, 0.1) is 28.4 Å². The van der Waals surface area contributed by atoms with E-state index in [-0.39, 0.29) is 11.5 Å². The molecule has 0 aliphatic rings. The van der Waals surface area contributed by atoms with E-state index < -0.39 is 4.92 Å². The molecule has 0 saturated carbocycles. The summed E-state index contributed by atoms with van der Waals surface area (Å²) in [4.78, 5) is 14.3. The Kier molecular flexibility index (Phi) is 6.29. The Balaban J connectivity index is 2.21. The highest BCUT2D eigenvalue weighted by Gasteiger charge is 2.13. The fourth-order valence-electron chi connectivity index (χ4n) is 1.90. The largest absolute Gasteiger partial charge is 0.493 e. The van der Waals surface area contributed by atoms with Crippen LogP contribution in [0.4, 0.5) is 11.5 Å². The van der Waals surface area contributed by atoms with E-state index in [1.165, 1.54) is 24.5 Å². The summed E-state index contributed by atoms with van der Waals surface area (Å²) in [6.45, 7) is 2.43. The van der Waals surface area contributed by atoms with Crippen molar-refractivity contribution in [2.24, 2.45) is 5.10 Å². The van der Waals surface area contributed by atoms with Gasteiger partial charge in [-0.1, -0.05) is 0 Å². The van der Waals surface area contributed by atoms with Gasteiger partial charge in [-0.25, -0.2) is 4.98 Å². The molecule has 1 heterocycles. The number of halogens is 1. The molecule has 2 aromatic rings. The highest BCUT2D eigenvalue weighted by Crippen LogP contribution is 2.33. The van der Waals surface area contributed by atoms with E-state index in [4.69, 9.17) is 9.47 Å². The molecule has 0 spiro atoms. The number of hydrogen-bond acceptors (Lipinski definition) is 7. The molecule has 0 atom stereocenters. The molecule has 24 heavy (non-hydrogen) atoms. The number of ether oxygens (including phenoxy) is 2. The molecule has 1 aromatic carbocycles. The summed E-state index contributed by atoms with van der Waals surface area (Å²) >= 11 is 2.15. The summed E-state index contributed by atoms with van der Waals surface area (Å²) in [5.41, 5.74) is 3.19. The van der Waals surface area contributed by atoms with Crippen LogP contribution in [0.5, 0.6) is 11.5 Å². The Bertz CT molecular complexity index is 767. The third-order valence-electron chi connectivity index (χ3n) is 2.91. The molecule has 9 heteroatoms. The second-order valence-corrected chi connectivity index (χ2v) is 5.63. The minimum Gasteiger partial charge on any atom is -0.493 e. The molecule has 1 N–H and O–H groups in total. The molecule has 2 rings (SSSR count). The number of aromatic nitrogens is 1. The van der Waals surface area contributed by atoms with Crippen LogP contribution >= 0.6 is 22.6 Å². The summed E-state index contributed by atoms with van der Waals surface area (Å²) < 4.78 is 11.7. The van der Waals surface area contributed by atoms with E-state index in [1.807, 2.05) is 13.0 Å². The van der Waals surface area contributed by atoms with Crippen molar-refractivity contribution < 1.29 is 14.4 Å². The van der Waals surface area contributed by atoms with Gasteiger partial charge in [0.15, 0.2) is 11.5 Å². The fraction of sp³-hybridized carbons (Fsp3) is 0.200. The number of benzene rings is 1. The third-order valence-corrected chi connectivity index (χ3v) is 3.71. The molecule has 0 saturated heterocycles. The standard InChI is InChI=1S/C15H15IN4O4/c1-3-24-14-11(16)7-10(8-13(14)23-2)9-18-19-15-12(20(21)22)5-4-6-17-15/h4-9H,3H2,1-2H3,(H,17,19)/b18-9+. The van der Waals surface area contributed by atoms with Gasteiger partial charge in [0.1, 0.15) is 0 Å². The van der Waals surface area contributed by atoms with Gasteiger partial charge in [0.25, 0.3) is 0 Å². The first-order valence-corrected chi connectivity index (χ1v) is 8.03. The van der Waals surface area contributed by atoms with Crippen LogP contribution in [0, 0.1) is 13.7 Å². The number of rotatable bonds is 7. The molecular weight excluding hydrogens is 427 g/mol. The quantitative estimate of drug-likeness (QED) is 0.305. The lowest BCUT2D eigenvalue weighted by Gasteiger charge is -2.12. The van der Waals surface area contributed by atoms with Crippen LogP contribution in [0.25, 0.3) is 0 Å². The molecule has 8 nitrogen and oxygen atoms in total. The van der Waals surface area contributed by atoms with Crippen molar-refractivity contribution in [3.8, 4) is 11.5 Å². The van der Waals surface area contributed by atoms with Crippen molar-refractivity contribution in [3.05, 3.63) is 49.7 Å². The van der Waals surface area contributed by atoms with Crippen molar-refractivity contribution >= 4 is 40.3 Å². The number of pyridine rings is 1. The van der Waals surface area contributed by atoms with Gasteiger partial charge >= 0.3 is 5.69 Å². The van der Waals surface area contributed by atoms with Crippen LogP contribution in [-0.4, -0.2) is 29.8 Å². The maximum Gasteiger partial charge on any atom is 0.313 e. The average Bonchev–Trinajstić information content (AvgIpc) is 2.57. The van der Waals surface area contributed by atoms with E-state index in [0.717, 1.165) is 9.13 Å². The SMILES string of the molecule is CCOc1c(I)cc(/C=N/Nc2ncccc2[N+](=O)[O-])cc1OC. The van der Waals surface area contributed by atoms with Crippen molar-refractivity contribution in [1.29, 1.82) is 0 Å². The Morgan fingerprint density at radius 2 is 2.29 bits per heavy atom. The molecule has 0 radical (unpaired) electrons. The zero-order valence-electron chi connectivity index (χ0n) is 13.0. The second-order valence-electron chi connectivity index (χ2n) is 4.47. The molecule has 0 fully saturated rings. The van der Waals surface area contributed by atoms with Gasteiger partial charge in [-0.05, 0) is 53.3 Å². The van der Waals surface area contributed by atoms with Gasteiger partial charge < -0.3 is 9.47 Å². The van der Waals surface area contributed by atoms with Crippen LogP contribution in [0.2, 0.25) is 0 Å². The Morgan fingerprint density at radius 3 is 2.96 bits per heavy atom. The summed E-state index contributed by atoms with van der Waals surface area (Å²) in [6.07, 6.45) is 2.98. The summed E-state index contributed by atoms with van der Waals surface area (Å²) in [7, 11) is 1.56. The predicted molar refractivity (Wildman–Crippen MR) is 99.0 cm³/mol. The predicted octanol–water partition coefficient (Wildman–Crippen LogP) is 3.45. The number of nitro groups is 1. The van der Waals surface area contributed by atoms with Crippen LogP contribution in [0.3, 0.4) is 0 Å². The summed E-state index contributed by atoms with van der Waals surface area (Å²) in [6, 6.07) is 6.48. The molecular formula is C15H15IN4O4. The first-order chi connectivity index (χ1) is 11.6. The van der Waals surface area contributed by atoms with Crippen LogP contribution < -0.4 is 14.9 Å². The van der Waals surface area contributed by atoms with Crippen molar-refractivity contribution in [2.75, 3.05) is 19.1 Å². The van der Waals surface area contributed by atoms with Crippen molar-refractivity contribution in [3.63, 3.8) is 0 Å². The highest BCUT2D eigenvalue weighted by molar-refractivity contribution is 14.1. The zero-order chi connectivity index (χ0) is 17.5. The lowest BCUT2D eigenvalue weighted by Crippen LogP contribution is -2.01. The normalized spacial score (nSPS) is 10.6. The Hall–Kier alpha value is -2.43. The number of nitrogens with one attached hydrogen (secondary N) is 1. The molecule has 0 amide bonds. The molecule has 0 aliphatic heterocycles. The van der Waals surface area contributed by atoms with E-state index in [2.05, 4.69) is 38.1 Å². The van der Waals surface area contributed by atoms with E-state index in [9.17, 15) is 10.1 Å². The second kappa shape index (κ2) is 8.43. The molecule has 1 aromatic heterocycles. The van der Waals surface area contributed by atoms with Gasteiger partial charge in [0, 0.05) is 12.3 Å². The maximum atomic E-state index is 10.9. The monoisotopic (exact) mass is 442 g/mol. The van der Waals surface area contributed by atoms with Gasteiger partial charge in [-0.15, -0.1) is 0 Å². The number of methoxy groups -OCH3 is 1. The summed E-state index contributed by atoms with van der Waals surface area (Å²) in [5.74, 6) is 1.34. The van der Waals surface area contributed by atoms with Crippen molar-refractivity contribution in [2.45, 2.75) is 6.92 Å². The van der Waals surface area contributed by atoms with Crippen LogP contribution in [0.15, 0.2) is 35.6 Å². The molecule has 0 bridgehead atoms. The van der Waals surface area contributed by atoms with Gasteiger partial charge in [-0.3, -0.25) is 15.5 Å². The van der Waals surface area contributed by atoms with E-state index >= 15 is 0 Å². The number of anilines is 1. The van der Waals surface area contributed by atoms with Crippen LogP contribution in [0.1, 0.15) is 12.5 Å². The fourth-order valence-corrected chi connectivity index (χ4v) is 2.68. The number of hydrogen-bond donors (Lipinski definition) is 1. The topological polar surface area (TPSA) is 98.9 Å². The van der Waals surface area contributed by atoms with Crippen molar-refractivity contribution in [1.82, 2.24) is 4.98 Å². The number of nitrogens with zero attached hydrogens (tertiary/aromatic N) is 3. The minimum atomic E-state index is -0.520. The first kappa shape index (κ1) is 17.9. The van der Waals surface area contributed by atoms with Gasteiger partial charge in [0.2, 0.25) is 5.82 Å². The minimum absolute atomic E-state index is 0.0753.